The van der Waals surface area contributed by atoms with E-state index in [1.54, 1.807) is 11.8 Å². The zero-order valence-electron chi connectivity index (χ0n) is 15.7. The maximum absolute atomic E-state index is 12.7. The molecule has 2 heterocycles. The standard InChI is InChI=1S/C21H18N2O6/c1-13-9-21(25)29-18-11-19(17(23(26)27)10-15(13)18)28-12-20(24)22-8-4-6-14-5-2-3-7-16(14)22/h2-3,5,7,9-11H,4,6,8,12H2,1H3. The minimum atomic E-state index is -0.583. The fourth-order valence-corrected chi connectivity index (χ4v) is 3.60. The van der Waals surface area contributed by atoms with E-state index in [1.165, 1.54) is 18.2 Å². The molecule has 1 aliphatic rings. The van der Waals surface area contributed by atoms with Crippen molar-refractivity contribution in [3.8, 4) is 5.75 Å². The summed E-state index contributed by atoms with van der Waals surface area (Å²) in [6, 6.07) is 11.5. The van der Waals surface area contributed by atoms with Crippen molar-refractivity contribution in [2.24, 2.45) is 0 Å². The van der Waals surface area contributed by atoms with Gasteiger partial charge in [0.05, 0.1) is 4.92 Å². The number of amides is 1. The van der Waals surface area contributed by atoms with Crippen molar-refractivity contribution in [3.05, 3.63) is 74.1 Å². The first-order valence-corrected chi connectivity index (χ1v) is 9.18. The molecule has 148 valence electrons. The summed E-state index contributed by atoms with van der Waals surface area (Å²) < 4.78 is 10.7. The number of hydrogen-bond donors (Lipinski definition) is 0. The number of nitro groups is 1. The first-order valence-electron chi connectivity index (χ1n) is 9.18. The van der Waals surface area contributed by atoms with Crippen molar-refractivity contribution in [2.45, 2.75) is 19.8 Å². The Hall–Kier alpha value is -3.68. The lowest BCUT2D eigenvalue weighted by molar-refractivity contribution is -0.385. The van der Waals surface area contributed by atoms with Gasteiger partial charge in [0.2, 0.25) is 5.75 Å². The Kier molecular flexibility index (Phi) is 4.75. The predicted octanol–water partition coefficient (Wildman–Crippen LogP) is 3.37. The number of aryl methyl sites for hydroxylation is 2. The normalized spacial score (nSPS) is 13.2. The molecule has 0 saturated heterocycles. The average Bonchev–Trinajstić information content (AvgIpc) is 2.70. The monoisotopic (exact) mass is 394 g/mol. The van der Waals surface area contributed by atoms with Crippen molar-refractivity contribution in [3.63, 3.8) is 0 Å². The summed E-state index contributed by atoms with van der Waals surface area (Å²) in [6.45, 7) is 1.87. The number of fused-ring (bicyclic) bond motifs is 2. The SMILES string of the molecule is Cc1cc(=O)oc2cc(OCC(=O)N3CCCc4ccccc43)c([N+](=O)[O-])cc12. The van der Waals surface area contributed by atoms with Crippen LogP contribution in [0.25, 0.3) is 11.0 Å². The Morgan fingerprint density at radius 2 is 2.07 bits per heavy atom. The Balaban J connectivity index is 1.63. The molecule has 0 fully saturated rings. The number of nitrogens with zero attached hydrogens (tertiary/aromatic N) is 2. The zero-order chi connectivity index (χ0) is 20.5. The van der Waals surface area contributed by atoms with Crippen LogP contribution in [0.5, 0.6) is 5.75 Å². The van der Waals surface area contributed by atoms with Gasteiger partial charge in [-0.15, -0.1) is 0 Å². The smallest absolute Gasteiger partial charge is 0.336 e. The second kappa shape index (κ2) is 7.38. The number of carbonyl (C=O) groups is 1. The van der Waals surface area contributed by atoms with Gasteiger partial charge in [-0.25, -0.2) is 4.79 Å². The van der Waals surface area contributed by atoms with Crippen molar-refractivity contribution >= 4 is 28.3 Å². The molecular weight excluding hydrogens is 376 g/mol. The molecule has 8 heteroatoms. The van der Waals surface area contributed by atoms with Crippen LogP contribution in [-0.2, 0) is 11.2 Å². The van der Waals surface area contributed by atoms with Crippen LogP contribution in [0.1, 0.15) is 17.5 Å². The number of ether oxygens (including phenoxy) is 1. The summed E-state index contributed by atoms with van der Waals surface area (Å²) >= 11 is 0. The quantitative estimate of drug-likeness (QED) is 0.382. The highest BCUT2D eigenvalue weighted by molar-refractivity contribution is 5.95. The van der Waals surface area contributed by atoms with Gasteiger partial charge in [-0.05, 0) is 37.0 Å². The Labute approximate surface area is 165 Å². The van der Waals surface area contributed by atoms with Crippen LogP contribution in [0.3, 0.4) is 0 Å². The van der Waals surface area contributed by atoms with E-state index < -0.39 is 10.5 Å². The van der Waals surface area contributed by atoms with Gasteiger partial charge in [-0.1, -0.05) is 18.2 Å². The van der Waals surface area contributed by atoms with Gasteiger partial charge < -0.3 is 14.1 Å². The first-order chi connectivity index (χ1) is 13.9. The largest absolute Gasteiger partial charge is 0.477 e. The number of nitro benzene ring substituents is 1. The Morgan fingerprint density at radius 3 is 2.86 bits per heavy atom. The van der Waals surface area contributed by atoms with Crippen molar-refractivity contribution < 1.29 is 18.9 Å². The molecule has 29 heavy (non-hydrogen) atoms. The van der Waals surface area contributed by atoms with Gasteiger partial charge in [0.15, 0.2) is 6.61 Å². The van der Waals surface area contributed by atoms with E-state index in [0.29, 0.717) is 17.5 Å². The highest BCUT2D eigenvalue weighted by Crippen LogP contribution is 2.33. The van der Waals surface area contributed by atoms with Gasteiger partial charge in [0, 0.05) is 35.8 Å². The van der Waals surface area contributed by atoms with Crippen LogP contribution in [-0.4, -0.2) is 24.0 Å². The number of para-hydroxylation sites is 1. The third-order valence-electron chi connectivity index (χ3n) is 4.99. The maximum atomic E-state index is 12.7. The summed E-state index contributed by atoms with van der Waals surface area (Å²) in [4.78, 5) is 36.9. The summed E-state index contributed by atoms with van der Waals surface area (Å²) in [6.07, 6.45) is 1.73. The predicted molar refractivity (Wildman–Crippen MR) is 106 cm³/mol. The fraction of sp³-hybridized carbons (Fsp3) is 0.238. The van der Waals surface area contributed by atoms with Gasteiger partial charge in [0.25, 0.3) is 5.91 Å². The lowest BCUT2D eigenvalue weighted by Crippen LogP contribution is -2.38. The van der Waals surface area contributed by atoms with Crippen molar-refractivity contribution in [1.82, 2.24) is 0 Å². The molecule has 4 rings (SSSR count). The molecule has 8 nitrogen and oxygen atoms in total. The molecule has 0 saturated carbocycles. The van der Waals surface area contributed by atoms with E-state index in [2.05, 4.69) is 0 Å². The van der Waals surface area contributed by atoms with Crippen LogP contribution >= 0.6 is 0 Å². The summed E-state index contributed by atoms with van der Waals surface area (Å²) in [7, 11) is 0. The number of benzene rings is 2. The Morgan fingerprint density at radius 1 is 1.28 bits per heavy atom. The maximum Gasteiger partial charge on any atom is 0.336 e. The molecule has 0 spiro atoms. The molecule has 0 radical (unpaired) electrons. The minimum absolute atomic E-state index is 0.116. The van der Waals surface area contributed by atoms with E-state index in [0.717, 1.165) is 24.1 Å². The summed E-state index contributed by atoms with van der Waals surface area (Å²) in [5, 5.41) is 11.9. The lowest BCUT2D eigenvalue weighted by Gasteiger charge is -2.29. The number of rotatable bonds is 4. The molecule has 0 N–H and O–H groups in total. The van der Waals surface area contributed by atoms with Gasteiger partial charge in [0.1, 0.15) is 5.58 Å². The summed E-state index contributed by atoms with van der Waals surface area (Å²) in [5.41, 5.74) is 1.80. The number of carbonyl (C=O) groups excluding carboxylic acids is 1. The number of anilines is 1. The molecule has 3 aromatic rings. The molecular formula is C21H18N2O6. The van der Waals surface area contributed by atoms with Crippen LogP contribution in [0, 0.1) is 17.0 Å². The molecule has 0 bridgehead atoms. The molecule has 1 amide bonds. The van der Waals surface area contributed by atoms with Gasteiger partial charge >= 0.3 is 11.3 Å². The third kappa shape index (κ3) is 3.56. The number of hydrogen-bond acceptors (Lipinski definition) is 6. The van der Waals surface area contributed by atoms with Crippen molar-refractivity contribution in [1.29, 1.82) is 0 Å². The fourth-order valence-electron chi connectivity index (χ4n) is 3.60. The highest BCUT2D eigenvalue weighted by atomic mass is 16.6. The zero-order valence-corrected chi connectivity index (χ0v) is 15.7. The average molecular weight is 394 g/mol. The van der Waals surface area contributed by atoms with E-state index in [-0.39, 0.29) is 29.5 Å². The molecule has 0 aliphatic carbocycles. The molecule has 2 aromatic carbocycles. The van der Waals surface area contributed by atoms with Gasteiger partial charge in [-0.2, -0.15) is 0 Å². The second-order valence-electron chi connectivity index (χ2n) is 6.89. The van der Waals surface area contributed by atoms with Crippen molar-refractivity contribution in [2.75, 3.05) is 18.1 Å². The first kappa shape index (κ1) is 18.7. The van der Waals surface area contributed by atoms with E-state index >= 15 is 0 Å². The van der Waals surface area contributed by atoms with E-state index in [4.69, 9.17) is 9.15 Å². The minimum Gasteiger partial charge on any atom is -0.477 e. The van der Waals surface area contributed by atoms with Crippen LogP contribution in [0.4, 0.5) is 11.4 Å². The third-order valence-corrected chi connectivity index (χ3v) is 4.99. The topological polar surface area (TPSA) is 103 Å². The van der Waals surface area contributed by atoms with Crippen LogP contribution < -0.4 is 15.3 Å². The molecule has 1 aromatic heterocycles. The molecule has 0 atom stereocenters. The van der Waals surface area contributed by atoms with Crippen LogP contribution in [0.2, 0.25) is 0 Å². The lowest BCUT2D eigenvalue weighted by atomic mass is 10.0. The Bertz CT molecular complexity index is 1180. The highest BCUT2D eigenvalue weighted by Gasteiger charge is 2.24. The molecule has 0 unspecified atom stereocenters. The second-order valence-corrected chi connectivity index (χ2v) is 6.89. The van der Waals surface area contributed by atoms with E-state index in [1.807, 2.05) is 24.3 Å². The van der Waals surface area contributed by atoms with E-state index in [9.17, 15) is 19.7 Å². The van der Waals surface area contributed by atoms with Crippen LogP contribution in [0.15, 0.2) is 51.7 Å². The van der Waals surface area contributed by atoms with Gasteiger partial charge in [-0.3, -0.25) is 14.9 Å². The summed E-state index contributed by atoms with van der Waals surface area (Å²) in [5.74, 6) is -0.410. The molecule has 1 aliphatic heterocycles.